The molecule has 0 atom stereocenters. The average Bonchev–Trinajstić information content (AvgIpc) is 3.35. The lowest BCUT2D eigenvalue weighted by atomic mass is 9.95. The lowest BCUT2D eigenvalue weighted by Gasteiger charge is -2.19. The molecule has 0 amide bonds. The standard InChI is InChI=1S/C18H18O4/c1-21-15-9-5-8-14(18(10-11-18)17(19)20)16(15)22-12-13-6-3-2-4-7-13/h2-9H,10-12H2,1H3,(H,19,20). The third-order valence-corrected chi connectivity index (χ3v) is 4.10. The fraction of sp³-hybridized carbons (Fsp3) is 0.278. The number of aliphatic carboxylic acids is 1. The Morgan fingerprint density at radius 3 is 2.45 bits per heavy atom. The van der Waals surface area contributed by atoms with Crippen molar-refractivity contribution in [1.82, 2.24) is 0 Å². The van der Waals surface area contributed by atoms with Gasteiger partial charge in [-0.05, 0) is 24.5 Å². The molecule has 0 aromatic heterocycles. The van der Waals surface area contributed by atoms with E-state index in [9.17, 15) is 9.90 Å². The van der Waals surface area contributed by atoms with Crippen molar-refractivity contribution < 1.29 is 19.4 Å². The molecule has 114 valence electrons. The molecule has 4 heteroatoms. The van der Waals surface area contributed by atoms with Crippen LogP contribution in [0.15, 0.2) is 48.5 Å². The van der Waals surface area contributed by atoms with Crippen LogP contribution in [0.25, 0.3) is 0 Å². The smallest absolute Gasteiger partial charge is 0.314 e. The molecule has 0 saturated heterocycles. The molecule has 1 aliphatic carbocycles. The lowest BCUT2D eigenvalue weighted by molar-refractivity contribution is -0.140. The molecule has 4 nitrogen and oxygen atoms in total. The Hall–Kier alpha value is -2.49. The van der Waals surface area contributed by atoms with E-state index in [-0.39, 0.29) is 0 Å². The van der Waals surface area contributed by atoms with Crippen LogP contribution in [0.3, 0.4) is 0 Å². The molecular weight excluding hydrogens is 280 g/mol. The average molecular weight is 298 g/mol. The number of carbonyl (C=O) groups is 1. The fourth-order valence-corrected chi connectivity index (χ4v) is 2.66. The third kappa shape index (κ3) is 2.52. The van der Waals surface area contributed by atoms with Gasteiger partial charge < -0.3 is 14.6 Å². The molecule has 0 aliphatic heterocycles. The molecule has 1 fully saturated rings. The second kappa shape index (κ2) is 5.72. The summed E-state index contributed by atoms with van der Waals surface area (Å²) in [7, 11) is 1.56. The maximum absolute atomic E-state index is 11.6. The van der Waals surface area contributed by atoms with Gasteiger partial charge in [0.2, 0.25) is 0 Å². The summed E-state index contributed by atoms with van der Waals surface area (Å²) in [6.45, 7) is 0.379. The Morgan fingerprint density at radius 1 is 1.14 bits per heavy atom. The summed E-state index contributed by atoms with van der Waals surface area (Å²) in [6.07, 6.45) is 1.27. The van der Waals surface area contributed by atoms with Crippen molar-refractivity contribution in [3.8, 4) is 11.5 Å². The van der Waals surface area contributed by atoms with Crippen molar-refractivity contribution in [3.63, 3.8) is 0 Å². The maximum atomic E-state index is 11.6. The van der Waals surface area contributed by atoms with E-state index in [0.717, 1.165) is 5.56 Å². The molecule has 1 saturated carbocycles. The number of hydrogen-bond donors (Lipinski definition) is 1. The van der Waals surface area contributed by atoms with Gasteiger partial charge >= 0.3 is 5.97 Å². The number of carboxylic acid groups (broad SMARTS) is 1. The van der Waals surface area contributed by atoms with Crippen molar-refractivity contribution in [2.24, 2.45) is 0 Å². The van der Waals surface area contributed by atoms with Crippen LogP contribution in [0.4, 0.5) is 0 Å². The summed E-state index contributed by atoms with van der Waals surface area (Å²) < 4.78 is 11.3. The summed E-state index contributed by atoms with van der Waals surface area (Å²) in [5.74, 6) is 0.306. The van der Waals surface area contributed by atoms with Crippen LogP contribution in [0.2, 0.25) is 0 Å². The summed E-state index contributed by atoms with van der Waals surface area (Å²) in [4.78, 5) is 11.6. The zero-order chi connectivity index (χ0) is 15.6. The Balaban J connectivity index is 1.93. The molecule has 0 unspecified atom stereocenters. The molecule has 0 radical (unpaired) electrons. The van der Waals surface area contributed by atoms with E-state index < -0.39 is 11.4 Å². The topological polar surface area (TPSA) is 55.8 Å². The van der Waals surface area contributed by atoms with Crippen LogP contribution in [-0.2, 0) is 16.8 Å². The quantitative estimate of drug-likeness (QED) is 0.888. The Kier molecular flexibility index (Phi) is 3.75. The summed E-state index contributed by atoms with van der Waals surface area (Å²) in [5, 5.41) is 9.53. The zero-order valence-electron chi connectivity index (χ0n) is 12.4. The van der Waals surface area contributed by atoms with Gasteiger partial charge in [-0.25, -0.2) is 0 Å². The highest BCUT2D eigenvalue weighted by molar-refractivity contribution is 5.86. The SMILES string of the molecule is COc1cccc(C2(C(=O)O)CC2)c1OCc1ccccc1. The molecular formula is C18H18O4. The minimum atomic E-state index is -0.819. The number of benzene rings is 2. The first-order valence-corrected chi connectivity index (χ1v) is 7.25. The van der Waals surface area contributed by atoms with Crippen molar-refractivity contribution >= 4 is 5.97 Å². The van der Waals surface area contributed by atoms with Gasteiger partial charge in [0.15, 0.2) is 11.5 Å². The van der Waals surface area contributed by atoms with Crippen LogP contribution >= 0.6 is 0 Å². The predicted octanol–water partition coefficient (Wildman–Crippen LogP) is 3.39. The molecule has 0 spiro atoms. The maximum Gasteiger partial charge on any atom is 0.314 e. The largest absolute Gasteiger partial charge is 0.493 e. The summed E-state index contributed by atoms with van der Waals surface area (Å²) in [6, 6.07) is 15.2. The third-order valence-electron chi connectivity index (χ3n) is 4.10. The number of carboxylic acids is 1. The second-order valence-electron chi connectivity index (χ2n) is 5.50. The van der Waals surface area contributed by atoms with Gasteiger partial charge in [-0.3, -0.25) is 4.79 Å². The van der Waals surface area contributed by atoms with Crippen molar-refractivity contribution in [2.75, 3.05) is 7.11 Å². The van der Waals surface area contributed by atoms with Gasteiger partial charge in [0.1, 0.15) is 6.61 Å². The van der Waals surface area contributed by atoms with Crippen LogP contribution in [0.5, 0.6) is 11.5 Å². The zero-order valence-corrected chi connectivity index (χ0v) is 12.4. The van der Waals surface area contributed by atoms with E-state index in [4.69, 9.17) is 9.47 Å². The first-order chi connectivity index (χ1) is 10.7. The first kappa shape index (κ1) is 14.4. The molecule has 2 aromatic carbocycles. The molecule has 0 bridgehead atoms. The number of rotatable bonds is 6. The van der Waals surface area contributed by atoms with E-state index >= 15 is 0 Å². The molecule has 22 heavy (non-hydrogen) atoms. The van der Waals surface area contributed by atoms with Gasteiger partial charge in [0.05, 0.1) is 12.5 Å². The van der Waals surface area contributed by atoms with Crippen molar-refractivity contribution in [3.05, 3.63) is 59.7 Å². The van der Waals surface area contributed by atoms with E-state index in [1.165, 1.54) is 0 Å². The molecule has 1 aliphatic rings. The van der Waals surface area contributed by atoms with Crippen LogP contribution in [0.1, 0.15) is 24.0 Å². The van der Waals surface area contributed by atoms with Crippen LogP contribution in [-0.4, -0.2) is 18.2 Å². The minimum absolute atomic E-state index is 0.379. The number of ether oxygens (including phenoxy) is 2. The second-order valence-corrected chi connectivity index (χ2v) is 5.50. The number of hydrogen-bond acceptors (Lipinski definition) is 3. The Labute approximate surface area is 129 Å². The Bertz CT molecular complexity index is 675. The summed E-state index contributed by atoms with van der Waals surface area (Å²) >= 11 is 0. The van der Waals surface area contributed by atoms with E-state index in [1.54, 1.807) is 13.2 Å². The fourth-order valence-electron chi connectivity index (χ4n) is 2.66. The van der Waals surface area contributed by atoms with Gasteiger partial charge in [-0.1, -0.05) is 42.5 Å². The van der Waals surface area contributed by atoms with Crippen LogP contribution in [0, 0.1) is 0 Å². The van der Waals surface area contributed by atoms with Gasteiger partial charge in [-0.2, -0.15) is 0 Å². The van der Waals surface area contributed by atoms with E-state index in [0.29, 0.717) is 36.5 Å². The molecule has 2 aromatic rings. The monoisotopic (exact) mass is 298 g/mol. The predicted molar refractivity (Wildman–Crippen MR) is 82.3 cm³/mol. The van der Waals surface area contributed by atoms with E-state index in [2.05, 4.69) is 0 Å². The normalized spacial score (nSPS) is 15.1. The summed E-state index contributed by atoms with van der Waals surface area (Å²) in [5.41, 5.74) is 0.912. The van der Waals surface area contributed by atoms with Gasteiger partial charge in [0, 0.05) is 5.56 Å². The highest BCUT2D eigenvalue weighted by Crippen LogP contribution is 2.53. The van der Waals surface area contributed by atoms with E-state index in [1.807, 2.05) is 42.5 Å². The molecule has 0 heterocycles. The minimum Gasteiger partial charge on any atom is -0.493 e. The van der Waals surface area contributed by atoms with Gasteiger partial charge in [-0.15, -0.1) is 0 Å². The Morgan fingerprint density at radius 2 is 1.86 bits per heavy atom. The molecule has 1 N–H and O–H groups in total. The van der Waals surface area contributed by atoms with Crippen LogP contribution < -0.4 is 9.47 Å². The van der Waals surface area contributed by atoms with Crippen molar-refractivity contribution in [2.45, 2.75) is 24.9 Å². The lowest BCUT2D eigenvalue weighted by Crippen LogP contribution is -2.20. The molecule has 3 rings (SSSR count). The van der Waals surface area contributed by atoms with Gasteiger partial charge in [0.25, 0.3) is 0 Å². The highest BCUT2D eigenvalue weighted by atomic mass is 16.5. The highest BCUT2D eigenvalue weighted by Gasteiger charge is 2.53. The van der Waals surface area contributed by atoms with Crippen molar-refractivity contribution in [1.29, 1.82) is 0 Å². The first-order valence-electron chi connectivity index (χ1n) is 7.25. The number of para-hydroxylation sites is 1. The number of methoxy groups -OCH3 is 1.